The monoisotopic (exact) mass is 890 g/mol. The van der Waals surface area contributed by atoms with Crippen LogP contribution in [0.2, 0.25) is 5.02 Å². The summed E-state index contributed by atoms with van der Waals surface area (Å²) in [4.78, 5) is 51.2. The van der Waals surface area contributed by atoms with Crippen molar-refractivity contribution in [2.75, 3.05) is 62.3 Å². The average molecular weight is 891 g/mol. The molecule has 0 radical (unpaired) electrons. The molecule has 1 unspecified atom stereocenters. The molecule has 2 saturated heterocycles. The number of nitrogens with one attached hydrogen (secondary N) is 4. The predicted molar refractivity (Wildman–Crippen MR) is 239 cm³/mol. The van der Waals surface area contributed by atoms with Crippen LogP contribution >= 0.6 is 31.0 Å². The molecule has 7 rings (SSSR count). The summed E-state index contributed by atoms with van der Waals surface area (Å²) >= 11 is 8.25. The van der Waals surface area contributed by atoms with Crippen LogP contribution < -0.4 is 36.2 Å². The number of hydrogen-bond acceptors (Lipinski definition) is 14. The molecule has 3 aliphatic rings. The van der Waals surface area contributed by atoms with E-state index >= 15 is 0 Å². The summed E-state index contributed by atoms with van der Waals surface area (Å²) in [7, 11) is 0.743. The predicted octanol–water partition coefficient (Wildman–Crippen LogP) is 7.41. The molecule has 15 nitrogen and oxygen atoms in total. The number of carbonyl (C=O) groups is 3. The molecule has 0 aliphatic carbocycles. The molecule has 2 fully saturated rings. The molecular weight excluding hydrogens is 839 g/mol. The topological polar surface area (TPSA) is 176 Å². The van der Waals surface area contributed by atoms with Gasteiger partial charge in [-0.25, -0.2) is 4.98 Å². The van der Waals surface area contributed by atoms with E-state index in [2.05, 4.69) is 48.3 Å². The first-order valence-corrected chi connectivity index (χ1v) is 23.4. The summed E-state index contributed by atoms with van der Waals surface area (Å²) in [6, 6.07) is 18.7. The zero-order valence-corrected chi connectivity index (χ0v) is 37.0. The van der Waals surface area contributed by atoms with Gasteiger partial charge in [0.1, 0.15) is 16.8 Å². The van der Waals surface area contributed by atoms with Crippen LogP contribution in [0, 0.1) is 0 Å². The highest BCUT2D eigenvalue weighted by atomic mass is 35.5. The molecule has 324 valence electrons. The zero-order valence-electron chi connectivity index (χ0n) is 34.6. The number of rotatable bonds is 19. The van der Waals surface area contributed by atoms with Gasteiger partial charge < -0.3 is 39.5 Å². The molecule has 1 aromatic heterocycles. The van der Waals surface area contributed by atoms with Crippen LogP contribution in [0.4, 0.5) is 28.8 Å². The van der Waals surface area contributed by atoms with Gasteiger partial charge in [-0.05, 0) is 86.4 Å². The number of para-hydroxylation sites is 1. The highest BCUT2D eigenvalue weighted by Crippen LogP contribution is 2.47. The number of methoxy groups -OCH3 is 1. The third kappa shape index (κ3) is 10.5. The van der Waals surface area contributed by atoms with Crippen molar-refractivity contribution >= 4 is 82.8 Å². The number of piperidine rings is 2. The van der Waals surface area contributed by atoms with Crippen molar-refractivity contribution in [3.8, 4) is 5.75 Å². The van der Waals surface area contributed by atoms with Gasteiger partial charge >= 0.3 is 7.60 Å². The van der Waals surface area contributed by atoms with Crippen LogP contribution in [0.15, 0.2) is 71.8 Å². The number of unbranched alkanes of at least 4 members (excludes halogenated alkanes) is 3. The molecule has 3 amide bonds. The smallest absolute Gasteiger partial charge is 0.362 e. The quantitative estimate of drug-likeness (QED) is 0.0317. The van der Waals surface area contributed by atoms with Crippen LogP contribution in [0.1, 0.15) is 67.3 Å². The molecule has 1 atom stereocenters. The third-order valence-corrected chi connectivity index (χ3v) is 14.7. The van der Waals surface area contributed by atoms with Gasteiger partial charge in [-0.2, -0.15) is 4.98 Å². The average Bonchev–Trinajstić information content (AvgIpc) is 3.62. The molecule has 4 N–H and O–H groups in total. The van der Waals surface area contributed by atoms with Crippen LogP contribution in [-0.2, 0) is 29.7 Å². The fraction of sp³-hybridized carbons (Fsp3) is 0.419. The van der Waals surface area contributed by atoms with Crippen molar-refractivity contribution < 1.29 is 32.7 Å². The first kappa shape index (κ1) is 44.4. The second-order valence-corrected chi connectivity index (χ2v) is 18.8. The third-order valence-electron chi connectivity index (χ3n) is 11.3. The van der Waals surface area contributed by atoms with Gasteiger partial charge in [0.2, 0.25) is 17.8 Å². The van der Waals surface area contributed by atoms with Gasteiger partial charge in [-0.1, -0.05) is 42.6 Å². The minimum Gasteiger partial charge on any atom is -0.494 e. The van der Waals surface area contributed by atoms with Crippen molar-refractivity contribution in [3.63, 3.8) is 0 Å². The van der Waals surface area contributed by atoms with Crippen LogP contribution in [-0.4, -0.2) is 91.4 Å². The summed E-state index contributed by atoms with van der Waals surface area (Å²) in [5.41, 5.74) is 3.90. The Morgan fingerprint density at radius 2 is 1.70 bits per heavy atom. The fourth-order valence-electron chi connectivity index (χ4n) is 7.94. The van der Waals surface area contributed by atoms with Gasteiger partial charge in [0, 0.05) is 68.5 Å². The number of benzene rings is 3. The molecule has 0 spiro atoms. The minimum absolute atomic E-state index is 0.130. The van der Waals surface area contributed by atoms with E-state index in [0.29, 0.717) is 58.8 Å². The lowest BCUT2D eigenvalue weighted by Gasteiger charge is -2.34. The molecule has 61 heavy (non-hydrogen) atoms. The number of amides is 3. The minimum atomic E-state index is -3.56. The lowest BCUT2D eigenvalue weighted by Crippen LogP contribution is -2.52. The van der Waals surface area contributed by atoms with E-state index in [9.17, 15) is 18.9 Å². The maximum atomic E-state index is 13.2. The summed E-state index contributed by atoms with van der Waals surface area (Å²) in [5.74, 6) is 1.42. The molecular formula is C43H52ClN8O7PS. The zero-order chi connectivity index (χ0) is 42.9. The first-order chi connectivity index (χ1) is 29.6. The first-order valence-electron chi connectivity index (χ1n) is 20.5. The number of halogens is 1. The van der Waals surface area contributed by atoms with Gasteiger partial charge in [-0.3, -0.25) is 24.3 Å². The highest BCUT2D eigenvalue weighted by molar-refractivity contribution is 7.99. The van der Waals surface area contributed by atoms with E-state index < -0.39 is 13.6 Å². The van der Waals surface area contributed by atoms with Crippen molar-refractivity contribution in [3.05, 3.63) is 83.0 Å². The number of aromatic nitrogens is 2. The lowest BCUT2D eigenvalue weighted by atomic mass is 10.0. The number of anilines is 5. The van der Waals surface area contributed by atoms with Crippen molar-refractivity contribution in [2.24, 2.45) is 0 Å². The van der Waals surface area contributed by atoms with Gasteiger partial charge in [0.05, 0.1) is 30.0 Å². The molecule has 4 aromatic rings. The standard InChI is InChI=1S/C43H52ClN8O7PS/c1-57-36-25-29(15-16-33(36)48-43-46-26-32(44)40(50-43)47-34-12-6-7-13-37(34)60(56,58-2)59-3)51-22-19-28(20-23-51)45-21-8-4-5-9-24-61-38-14-10-11-30-31(38)27-52(42(30)55)35-17-18-39(53)49-41(35)54/h6-7,10-16,25-26,28,35,45H,4-5,8-9,17-24,27H2,1-3H3,(H,49,53,54)(H2,46,47,48,50). The Hall–Kier alpha value is -4.70. The van der Waals surface area contributed by atoms with E-state index in [4.69, 9.17) is 25.4 Å². The van der Waals surface area contributed by atoms with Gasteiger partial charge in [0.25, 0.3) is 5.91 Å². The number of hydrogen-bond donors (Lipinski definition) is 4. The van der Waals surface area contributed by atoms with Crippen LogP contribution in [0.3, 0.4) is 0 Å². The van der Waals surface area contributed by atoms with E-state index in [-0.39, 0.29) is 29.2 Å². The van der Waals surface area contributed by atoms with Crippen molar-refractivity contribution in [1.29, 1.82) is 0 Å². The Bertz CT molecular complexity index is 2270. The Morgan fingerprint density at radius 1 is 0.918 bits per heavy atom. The number of imide groups is 1. The number of fused-ring (bicyclic) bond motifs is 1. The normalized spacial score (nSPS) is 17.0. The Labute approximate surface area is 365 Å². The van der Waals surface area contributed by atoms with Gasteiger partial charge in [0.15, 0.2) is 5.82 Å². The second-order valence-electron chi connectivity index (χ2n) is 15.1. The molecule has 3 aromatic carbocycles. The molecule has 4 heterocycles. The van der Waals surface area contributed by atoms with Crippen molar-refractivity contribution in [1.82, 2.24) is 25.5 Å². The summed E-state index contributed by atoms with van der Waals surface area (Å²) < 4.78 is 29.4. The fourth-order valence-corrected chi connectivity index (χ4v) is 10.4. The Kier molecular flexibility index (Phi) is 14.9. The number of carbonyl (C=O) groups excluding carboxylic acids is 3. The maximum absolute atomic E-state index is 13.2. The molecule has 0 saturated carbocycles. The van der Waals surface area contributed by atoms with Crippen LogP contribution in [0.5, 0.6) is 5.75 Å². The number of ether oxygens (including phenoxy) is 1. The lowest BCUT2D eigenvalue weighted by molar-refractivity contribution is -0.136. The van der Waals surface area contributed by atoms with Crippen molar-refractivity contribution in [2.45, 2.75) is 74.9 Å². The number of nitrogens with zero attached hydrogens (tertiary/aromatic N) is 4. The SMILES string of the molecule is COc1cc(N2CCC(NCCCCCCSc3cccc4c3CN(C3CCC(=O)NC3=O)C4=O)CC2)ccc1Nc1ncc(Cl)c(Nc2ccccc2P(=O)(OC)OC)n1. The maximum Gasteiger partial charge on any atom is 0.362 e. The van der Waals surface area contributed by atoms with E-state index in [1.54, 1.807) is 48.0 Å². The number of thioether (sulfide) groups is 1. The van der Waals surface area contributed by atoms with E-state index in [1.807, 2.05) is 24.3 Å². The highest BCUT2D eigenvalue weighted by Gasteiger charge is 2.40. The second kappa shape index (κ2) is 20.4. The molecule has 3 aliphatic heterocycles. The Balaban J connectivity index is 0.823. The molecule has 0 bridgehead atoms. The van der Waals surface area contributed by atoms with Gasteiger partial charge in [-0.15, -0.1) is 11.8 Å². The summed E-state index contributed by atoms with van der Waals surface area (Å²) in [5, 5.41) is 13.2. The Morgan fingerprint density at radius 3 is 2.48 bits per heavy atom. The van der Waals surface area contributed by atoms with E-state index in [0.717, 1.165) is 80.1 Å². The summed E-state index contributed by atoms with van der Waals surface area (Å²) in [6.45, 7) is 3.26. The summed E-state index contributed by atoms with van der Waals surface area (Å²) in [6.07, 6.45) is 8.70. The van der Waals surface area contributed by atoms with E-state index in [1.165, 1.54) is 20.4 Å². The molecule has 18 heteroatoms. The van der Waals surface area contributed by atoms with Crippen LogP contribution in [0.25, 0.3) is 0 Å². The largest absolute Gasteiger partial charge is 0.494 e.